The molecular formula is C37H45N9O2. The van der Waals surface area contributed by atoms with E-state index in [2.05, 4.69) is 80.4 Å². The van der Waals surface area contributed by atoms with Crippen molar-refractivity contribution in [3.05, 3.63) is 82.2 Å². The molecule has 1 aliphatic heterocycles. The van der Waals surface area contributed by atoms with E-state index in [9.17, 15) is 14.9 Å². The SMILES string of the molecule is C=C(NC)c1ccc2c(c1)CCc1cc(C(=O)NC)ccc1C2(C[C@H](NCC(=O)N1C(C#N)C[C@@H]2[C@H](C)[C@@H]21)C1CCCC1)c1nn[nH]n1. The van der Waals surface area contributed by atoms with Crippen LogP contribution >= 0.6 is 0 Å². The molecule has 48 heavy (non-hydrogen) atoms. The molecule has 250 valence electrons. The van der Waals surface area contributed by atoms with Crippen molar-refractivity contribution in [1.29, 1.82) is 5.26 Å². The lowest BCUT2D eigenvalue weighted by molar-refractivity contribution is -0.131. The quantitative estimate of drug-likeness (QED) is 0.261. The molecule has 2 saturated carbocycles. The molecule has 2 aromatic carbocycles. The lowest BCUT2D eigenvalue weighted by atomic mass is 9.66. The Balaban J connectivity index is 1.34. The normalized spacial score (nSPS) is 26.4. The molecular weight excluding hydrogens is 602 g/mol. The second kappa shape index (κ2) is 12.8. The van der Waals surface area contributed by atoms with E-state index >= 15 is 0 Å². The Hall–Kier alpha value is -4.56. The van der Waals surface area contributed by atoms with Gasteiger partial charge in [0.15, 0.2) is 5.82 Å². The lowest BCUT2D eigenvalue weighted by Gasteiger charge is -2.39. The molecule has 1 saturated heterocycles. The molecule has 3 fully saturated rings. The van der Waals surface area contributed by atoms with Gasteiger partial charge in [-0.2, -0.15) is 10.5 Å². The summed E-state index contributed by atoms with van der Waals surface area (Å²) in [5.74, 6) is 1.67. The number of tetrazole rings is 1. The van der Waals surface area contributed by atoms with Gasteiger partial charge in [-0.15, -0.1) is 10.2 Å². The van der Waals surface area contributed by atoms with Crippen LogP contribution in [0.4, 0.5) is 0 Å². The van der Waals surface area contributed by atoms with Crippen molar-refractivity contribution >= 4 is 17.5 Å². The average Bonchev–Trinajstić information content (AvgIpc) is 3.68. The second-order valence-corrected chi connectivity index (χ2v) is 14.1. The first kappa shape index (κ1) is 32.0. The molecule has 0 radical (unpaired) electrons. The van der Waals surface area contributed by atoms with Gasteiger partial charge in [0.05, 0.1) is 18.0 Å². The molecule has 4 N–H and O–H groups in total. The lowest BCUT2D eigenvalue weighted by Crippen LogP contribution is -2.49. The summed E-state index contributed by atoms with van der Waals surface area (Å²) in [6, 6.07) is 14.6. The summed E-state index contributed by atoms with van der Waals surface area (Å²) in [5, 5.41) is 35.7. The summed E-state index contributed by atoms with van der Waals surface area (Å²) in [6.45, 7) is 6.57. The minimum atomic E-state index is -0.822. The van der Waals surface area contributed by atoms with Crippen LogP contribution in [-0.2, 0) is 23.1 Å². The summed E-state index contributed by atoms with van der Waals surface area (Å²) in [4.78, 5) is 28.5. The molecule has 1 aromatic heterocycles. The second-order valence-electron chi connectivity index (χ2n) is 14.1. The Kier molecular flexibility index (Phi) is 8.54. The number of piperidine rings is 1. The van der Waals surface area contributed by atoms with Gasteiger partial charge < -0.3 is 20.9 Å². The van der Waals surface area contributed by atoms with Crippen LogP contribution in [-0.4, -0.2) is 76.1 Å². The number of aromatic amines is 1. The zero-order valence-corrected chi connectivity index (χ0v) is 28.1. The number of H-pyrrole nitrogens is 1. The van der Waals surface area contributed by atoms with E-state index in [1.54, 1.807) is 7.05 Å². The zero-order chi connectivity index (χ0) is 33.6. The number of nitriles is 1. The monoisotopic (exact) mass is 647 g/mol. The Bertz CT molecular complexity index is 1690. The van der Waals surface area contributed by atoms with Crippen molar-refractivity contribution in [3.8, 4) is 6.07 Å². The standard InChI is InChI=1S/C37H45N9O2/c1-21-29-17-28(19-38)46(34(21)29)33(47)20-41-32(23-7-5-6-8-23)18-37(36-42-44-45-43-36)30-13-11-24(22(2)39-3)15-25(30)9-10-26-16-27(35(48)40-4)12-14-31(26)37/h11-16,21,23,28-29,32,34,39,41H,2,5-10,17-18,20H2,1,3-4H3,(H,40,48)(H,42,43,44,45)/t21-,28?,29+,32-,34-,37?/m0/s1. The van der Waals surface area contributed by atoms with Crippen LogP contribution in [0.1, 0.15) is 89.4 Å². The van der Waals surface area contributed by atoms with Crippen molar-refractivity contribution in [2.24, 2.45) is 17.8 Å². The Morgan fingerprint density at radius 2 is 1.77 bits per heavy atom. The number of aryl methyl sites for hydroxylation is 2. The van der Waals surface area contributed by atoms with E-state index in [0.29, 0.717) is 35.6 Å². The first-order valence-electron chi connectivity index (χ1n) is 17.3. The number of hydrogen-bond donors (Lipinski definition) is 4. The van der Waals surface area contributed by atoms with Crippen molar-refractivity contribution in [3.63, 3.8) is 0 Å². The number of carbonyl (C=O) groups is 2. The highest BCUT2D eigenvalue weighted by molar-refractivity contribution is 5.94. The van der Waals surface area contributed by atoms with Gasteiger partial charge in [-0.1, -0.05) is 49.8 Å². The minimum absolute atomic E-state index is 0.00196. The molecule has 11 nitrogen and oxygen atoms in total. The summed E-state index contributed by atoms with van der Waals surface area (Å²) in [5.41, 5.74) is 6.00. The third kappa shape index (κ3) is 5.36. The largest absolute Gasteiger partial charge is 0.388 e. The number of rotatable bonds is 10. The Morgan fingerprint density at radius 3 is 2.40 bits per heavy atom. The minimum Gasteiger partial charge on any atom is -0.388 e. The molecule has 3 aromatic rings. The molecule has 6 atom stereocenters. The van der Waals surface area contributed by atoms with Gasteiger partial charge in [0, 0.05) is 37.4 Å². The number of fused-ring (bicyclic) bond motifs is 3. The van der Waals surface area contributed by atoms with Gasteiger partial charge in [0.25, 0.3) is 5.91 Å². The predicted octanol–water partition coefficient (Wildman–Crippen LogP) is 3.48. The van der Waals surface area contributed by atoms with Crippen LogP contribution in [0, 0.1) is 29.1 Å². The van der Waals surface area contributed by atoms with Crippen molar-refractivity contribution < 1.29 is 9.59 Å². The zero-order valence-electron chi connectivity index (χ0n) is 28.1. The van der Waals surface area contributed by atoms with Crippen LogP contribution in [0.3, 0.4) is 0 Å². The van der Waals surface area contributed by atoms with Gasteiger partial charge in [-0.05, 0) is 102 Å². The number of amides is 2. The summed E-state index contributed by atoms with van der Waals surface area (Å²) in [6.07, 6.45) is 7.28. The number of aromatic nitrogens is 4. The van der Waals surface area contributed by atoms with E-state index in [4.69, 9.17) is 0 Å². The molecule has 2 unspecified atom stereocenters. The van der Waals surface area contributed by atoms with Gasteiger partial charge >= 0.3 is 0 Å². The highest BCUT2D eigenvalue weighted by Gasteiger charge is 2.60. The fourth-order valence-corrected chi connectivity index (χ4v) is 9.14. The number of likely N-dealkylation sites (tertiary alicyclic amines) is 1. The third-order valence-corrected chi connectivity index (χ3v) is 11.8. The van der Waals surface area contributed by atoms with Crippen LogP contribution in [0.15, 0.2) is 43.0 Å². The maximum Gasteiger partial charge on any atom is 0.251 e. The first-order chi connectivity index (χ1) is 23.3. The predicted molar refractivity (Wildman–Crippen MR) is 182 cm³/mol. The third-order valence-electron chi connectivity index (χ3n) is 11.8. The van der Waals surface area contributed by atoms with Crippen LogP contribution < -0.4 is 16.0 Å². The van der Waals surface area contributed by atoms with E-state index in [0.717, 1.165) is 78.5 Å². The van der Waals surface area contributed by atoms with E-state index < -0.39 is 5.41 Å². The van der Waals surface area contributed by atoms with Crippen molar-refractivity contribution in [1.82, 2.24) is 41.5 Å². The topological polar surface area (TPSA) is 152 Å². The highest BCUT2D eigenvalue weighted by Crippen LogP contribution is 2.53. The van der Waals surface area contributed by atoms with Crippen molar-refractivity contribution in [2.75, 3.05) is 20.6 Å². The first-order valence-corrected chi connectivity index (χ1v) is 17.3. The Labute approximate surface area is 281 Å². The van der Waals surface area contributed by atoms with Crippen LogP contribution in [0.25, 0.3) is 5.70 Å². The number of carbonyl (C=O) groups excluding carboxylic acids is 2. The highest BCUT2D eigenvalue weighted by atomic mass is 16.2. The number of benzene rings is 2. The van der Waals surface area contributed by atoms with Crippen LogP contribution in [0.2, 0.25) is 0 Å². The van der Waals surface area contributed by atoms with Gasteiger partial charge in [0.1, 0.15) is 6.04 Å². The maximum atomic E-state index is 13.8. The Morgan fingerprint density at radius 1 is 1.08 bits per heavy atom. The maximum absolute atomic E-state index is 13.8. The molecule has 7 rings (SSSR count). The van der Waals surface area contributed by atoms with E-state index in [1.807, 2.05) is 24.1 Å². The fourth-order valence-electron chi connectivity index (χ4n) is 9.14. The summed E-state index contributed by atoms with van der Waals surface area (Å²) >= 11 is 0. The van der Waals surface area contributed by atoms with Crippen molar-refractivity contribution in [2.45, 2.75) is 81.8 Å². The average molecular weight is 648 g/mol. The smallest absolute Gasteiger partial charge is 0.251 e. The fraction of sp³-hybridized carbons (Fsp3) is 0.514. The molecule has 4 aliphatic rings. The molecule has 2 amide bonds. The molecule has 0 spiro atoms. The summed E-state index contributed by atoms with van der Waals surface area (Å²) < 4.78 is 0. The van der Waals surface area contributed by atoms with Gasteiger partial charge in [-0.3, -0.25) is 9.59 Å². The van der Waals surface area contributed by atoms with Gasteiger partial charge in [0.2, 0.25) is 5.91 Å². The number of hydrogen-bond acceptors (Lipinski definition) is 8. The molecule has 3 aliphatic carbocycles. The summed E-state index contributed by atoms with van der Waals surface area (Å²) in [7, 11) is 3.52. The number of nitrogens with zero attached hydrogens (tertiary/aromatic N) is 5. The van der Waals surface area contributed by atoms with E-state index in [-0.39, 0.29) is 36.5 Å². The van der Waals surface area contributed by atoms with Crippen LogP contribution in [0.5, 0.6) is 0 Å². The van der Waals surface area contributed by atoms with Gasteiger partial charge in [-0.25, -0.2) is 0 Å². The van der Waals surface area contributed by atoms with E-state index in [1.165, 1.54) is 0 Å². The molecule has 2 heterocycles. The molecule has 11 heteroatoms. The molecule has 0 bridgehead atoms. The number of nitrogens with one attached hydrogen (secondary N) is 4.